The zero-order chi connectivity index (χ0) is 18.2. The zero-order valence-electron chi connectivity index (χ0n) is 14.1. The number of amides is 1. The summed E-state index contributed by atoms with van der Waals surface area (Å²) in [6.45, 7) is 1.80. The van der Waals surface area contributed by atoms with Gasteiger partial charge in [-0.2, -0.15) is 0 Å². The molecule has 0 heterocycles. The Kier molecular flexibility index (Phi) is 4.89. The third kappa shape index (κ3) is 4.22. The number of aryl methyl sites for hydroxylation is 1. The third-order valence-electron chi connectivity index (χ3n) is 4.49. The molecule has 1 N–H and O–H groups in total. The number of sulfone groups is 1. The van der Waals surface area contributed by atoms with Crippen LogP contribution in [0.2, 0.25) is 5.02 Å². The third-order valence-corrected chi connectivity index (χ3v) is 5.85. The number of carbonyl (C=O) groups excluding carboxylic acids is 1. The monoisotopic (exact) mass is 377 g/mol. The molecule has 0 radical (unpaired) electrons. The Hall–Kier alpha value is -1.85. The molecular formula is C19H20ClNO3S. The average molecular weight is 378 g/mol. The first-order chi connectivity index (χ1) is 11.8. The smallest absolute Gasteiger partial charge is 0.252 e. The number of hydrogen-bond donors (Lipinski definition) is 1. The van der Waals surface area contributed by atoms with Crippen LogP contribution in [0.15, 0.2) is 47.4 Å². The van der Waals surface area contributed by atoms with Gasteiger partial charge in [-0.1, -0.05) is 29.8 Å². The highest BCUT2D eigenvalue weighted by molar-refractivity contribution is 7.90. The number of halogens is 1. The maximum Gasteiger partial charge on any atom is 0.252 e. The SMILES string of the molecule is Cc1ccc(S(C)(=O)=O)cc1C(=O)N[C@@H](c1ccc(Cl)cc1)C1CC1. The van der Waals surface area contributed by atoms with Crippen molar-refractivity contribution < 1.29 is 13.2 Å². The van der Waals surface area contributed by atoms with Crippen LogP contribution in [0.4, 0.5) is 0 Å². The van der Waals surface area contributed by atoms with Gasteiger partial charge in [-0.15, -0.1) is 0 Å². The Balaban J connectivity index is 1.88. The maximum absolute atomic E-state index is 12.8. The van der Waals surface area contributed by atoms with E-state index in [1.165, 1.54) is 12.1 Å². The van der Waals surface area contributed by atoms with Crippen molar-refractivity contribution in [3.05, 3.63) is 64.2 Å². The summed E-state index contributed by atoms with van der Waals surface area (Å²) in [5, 5.41) is 3.73. The van der Waals surface area contributed by atoms with Crippen molar-refractivity contribution >= 4 is 27.3 Å². The Morgan fingerprint density at radius 3 is 2.36 bits per heavy atom. The van der Waals surface area contributed by atoms with Gasteiger partial charge in [0.2, 0.25) is 0 Å². The molecule has 1 aliphatic carbocycles. The Morgan fingerprint density at radius 1 is 1.16 bits per heavy atom. The van der Waals surface area contributed by atoms with Crippen LogP contribution in [-0.4, -0.2) is 20.6 Å². The summed E-state index contributed by atoms with van der Waals surface area (Å²) >= 11 is 5.95. The first kappa shape index (κ1) is 18.0. The lowest BCUT2D eigenvalue weighted by molar-refractivity contribution is 0.0931. The van der Waals surface area contributed by atoms with E-state index >= 15 is 0 Å². The first-order valence-corrected chi connectivity index (χ1v) is 10.4. The largest absolute Gasteiger partial charge is 0.345 e. The van der Waals surface area contributed by atoms with Crippen molar-refractivity contribution in [2.24, 2.45) is 5.92 Å². The van der Waals surface area contributed by atoms with Gasteiger partial charge in [0.25, 0.3) is 5.91 Å². The quantitative estimate of drug-likeness (QED) is 0.858. The molecule has 1 atom stereocenters. The van der Waals surface area contributed by atoms with Crippen LogP contribution in [0, 0.1) is 12.8 Å². The summed E-state index contributed by atoms with van der Waals surface area (Å²) in [7, 11) is -3.36. The second-order valence-corrected chi connectivity index (χ2v) is 9.04. The lowest BCUT2D eigenvalue weighted by Gasteiger charge is -2.20. The van der Waals surface area contributed by atoms with E-state index < -0.39 is 9.84 Å². The summed E-state index contributed by atoms with van der Waals surface area (Å²) in [6, 6.07) is 12.0. The highest BCUT2D eigenvalue weighted by Gasteiger charge is 2.33. The number of carbonyl (C=O) groups is 1. The zero-order valence-corrected chi connectivity index (χ0v) is 15.7. The fraction of sp³-hybridized carbons (Fsp3) is 0.316. The topological polar surface area (TPSA) is 63.2 Å². The average Bonchev–Trinajstić information content (AvgIpc) is 3.37. The second kappa shape index (κ2) is 6.81. The van der Waals surface area contributed by atoms with Gasteiger partial charge in [0, 0.05) is 16.8 Å². The molecule has 1 saturated carbocycles. The van der Waals surface area contributed by atoms with E-state index in [4.69, 9.17) is 11.6 Å². The Labute approximate surface area is 153 Å². The molecular weight excluding hydrogens is 358 g/mol. The van der Waals surface area contributed by atoms with Crippen LogP contribution in [0.25, 0.3) is 0 Å². The van der Waals surface area contributed by atoms with E-state index in [9.17, 15) is 13.2 Å². The molecule has 2 aromatic rings. The van der Waals surface area contributed by atoms with Gasteiger partial charge in [-0.25, -0.2) is 8.42 Å². The first-order valence-electron chi connectivity index (χ1n) is 8.13. The lowest BCUT2D eigenvalue weighted by atomic mass is 10.0. The standard InChI is InChI=1S/C19H20ClNO3S/c1-12-3-10-16(25(2,23)24)11-17(12)19(22)21-18(13-4-5-13)14-6-8-15(20)9-7-14/h3,6-11,13,18H,4-5H2,1-2H3,(H,21,22)/t18-/m1/s1. The molecule has 0 unspecified atom stereocenters. The Bertz CT molecular complexity index is 903. The number of hydrogen-bond acceptors (Lipinski definition) is 3. The summed E-state index contributed by atoms with van der Waals surface area (Å²) in [5.74, 6) is 0.151. The van der Waals surface area contributed by atoms with Crippen LogP contribution in [0.1, 0.15) is 40.4 Å². The van der Waals surface area contributed by atoms with E-state index in [0.29, 0.717) is 16.5 Å². The van der Waals surface area contributed by atoms with Gasteiger partial charge in [0.15, 0.2) is 9.84 Å². The van der Waals surface area contributed by atoms with Crippen molar-refractivity contribution in [3.8, 4) is 0 Å². The molecule has 1 fully saturated rings. The fourth-order valence-corrected chi connectivity index (χ4v) is 3.64. The molecule has 0 aliphatic heterocycles. The van der Waals surface area contributed by atoms with Gasteiger partial charge < -0.3 is 5.32 Å². The molecule has 132 valence electrons. The minimum atomic E-state index is -3.36. The molecule has 0 spiro atoms. The normalized spacial score (nSPS) is 15.6. The van der Waals surface area contributed by atoms with Gasteiger partial charge in [-0.05, 0) is 61.1 Å². The van der Waals surface area contributed by atoms with Crippen molar-refractivity contribution in [2.75, 3.05) is 6.26 Å². The molecule has 0 aromatic heterocycles. The molecule has 3 rings (SSSR count). The summed E-state index contributed by atoms with van der Waals surface area (Å²) < 4.78 is 23.5. The predicted molar refractivity (Wildman–Crippen MR) is 98.7 cm³/mol. The highest BCUT2D eigenvalue weighted by Crippen LogP contribution is 2.41. The van der Waals surface area contributed by atoms with Crippen molar-refractivity contribution in [1.29, 1.82) is 0 Å². The summed E-state index contributed by atoms with van der Waals surface area (Å²) in [5.41, 5.74) is 2.15. The minimum Gasteiger partial charge on any atom is -0.345 e. The molecule has 0 bridgehead atoms. The van der Waals surface area contributed by atoms with Crippen LogP contribution >= 0.6 is 11.6 Å². The Morgan fingerprint density at radius 2 is 1.80 bits per heavy atom. The van der Waals surface area contributed by atoms with E-state index in [1.54, 1.807) is 13.0 Å². The van der Waals surface area contributed by atoms with E-state index in [-0.39, 0.29) is 16.8 Å². The fourth-order valence-electron chi connectivity index (χ4n) is 2.87. The second-order valence-electron chi connectivity index (χ2n) is 6.59. The number of rotatable bonds is 5. The molecule has 4 nitrogen and oxygen atoms in total. The van der Waals surface area contributed by atoms with Crippen LogP contribution < -0.4 is 5.32 Å². The molecule has 2 aromatic carbocycles. The molecule has 1 aliphatic rings. The van der Waals surface area contributed by atoms with Crippen molar-refractivity contribution in [3.63, 3.8) is 0 Å². The highest BCUT2D eigenvalue weighted by atomic mass is 35.5. The predicted octanol–water partition coefficient (Wildman–Crippen LogP) is 3.93. The molecule has 25 heavy (non-hydrogen) atoms. The van der Waals surface area contributed by atoms with Gasteiger partial charge in [0.05, 0.1) is 10.9 Å². The van der Waals surface area contributed by atoms with E-state index in [2.05, 4.69) is 5.32 Å². The van der Waals surface area contributed by atoms with Gasteiger partial charge >= 0.3 is 0 Å². The minimum absolute atomic E-state index is 0.0916. The summed E-state index contributed by atoms with van der Waals surface area (Å²) in [6.07, 6.45) is 3.27. The van der Waals surface area contributed by atoms with E-state index in [1.807, 2.05) is 24.3 Å². The van der Waals surface area contributed by atoms with Gasteiger partial charge in [0.1, 0.15) is 0 Å². The molecule has 0 saturated heterocycles. The van der Waals surface area contributed by atoms with Crippen molar-refractivity contribution in [2.45, 2.75) is 30.7 Å². The van der Waals surface area contributed by atoms with Crippen LogP contribution in [-0.2, 0) is 9.84 Å². The number of nitrogens with one attached hydrogen (secondary N) is 1. The van der Waals surface area contributed by atoms with Crippen LogP contribution in [0.3, 0.4) is 0 Å². The van der Waals surface area contributed by atoms with Crippen LogP contribution in [0.5, 0.6) is 0 Å². The lowest BCUT2D eigenvalue weighted by Crippen LogP contribution is -2.30. The molecule has 1 amide bonds. The van der Waals surface area contributed by atoms with Crippen molar-refractivity contribution in [1.82, 2.24) is 5.32 Å². The maximum atomic E-state index is 12.8. The van der Waals surface area contributed by atoms with Gasteiger partial charge in [-0.3, -0.25) is 4.79 Å². The summed E-state index contributed by atoms with van der Waals surface area (Å²) in [4.78, 5) is 12.9. The molecule has 6 heteroatoms. The number of benzene rings is 2. The van der Waals surface area contributed by atoms with E-state index in [0.717, 1.165) is 30.2 Å².